The van der Waals surface area contributed by atoms with Crippen LogP contribution in [0, 0.1) is 0 Å². The van der Waals surface area contributed by atoms with Gasteiger partial charge in [0.1, 0.15) is 6.67 Å². The molecule has 11 rings (SSSR count). The minimum atomic E-state index is 0.381. The van der Waals surface area contributed by atoms with E-state index in [2.05, 4.69) is 184 Å². The molecule has 0 unspecified atom stereocenters. The number of hydrogen-bond donors (Lipinski definition) is 1. The molecule has 0 bridgehead atoms. The molecule has 0 saturated carbocycles. The van der Waals surface area contributed by atoms with E-state index in [4.69, 9.17) is 10.7 Å². The van der Waals surface area contributed by atoms with Crippen molar-refractivity contribution < 1.29 is 0 Å². The van der Waals surface area contributed by atoms with Crippen molar-refractivity contribution in [3.05, 3.63) is 205 Å². The first-order valence-corrected chi connectivity index (χ1v) is 18.7. The number of benzene rings is 8. The van der Waals surface area contributed by atoms with E-state index < -0.39 is 0 Å². The van der Waals surface area contributed by atoms with Crippen molar-refractivity contribution in [1.82, 2.24) is 9.13 Å². The summed E-state index contributed by atoms with van der Waals surface area (Å²) < 4.78 is 4.83. The van der Waals surface area contributed by atoms with E-state index in [0.29, 0.717) is 12.4 Å². The summed E-state index contributed by atoms with van der Waals surface area (Å²) in [6.07, 6.45) is 0. The number of anilines is 2. The molecule has 0 fully saturated rings. The van der Waals surface area contributed by atoms with Crippen LogP contribution in [0.2, 0.25) is 0 Å². The van der Waals surface area contributed by atoms with Crippen LogP contribution in [-0.4, -0.2) is 14.8 Å². The second kappa shape index (κ2) is 12.4. The van der Waals surface area contributed by atoms with Crippen LogP contribution < -0.4 is 10.6 Å². The Morgan fingerprint density at radius 1 is 0.473 bits per heavy atom. The van der Waals surface area contributed by atoms with Crippen LogP contribution >= 0.6 is 0 Å². The Balaban J connectivity index is 1.24. The lowest BCUT2D eigenvalue weighted by atomic mass is 9.99. The highest BCUT2D eigenvalue weighted by Crippen LogP contribution is 2.46. The topological polar surface area (TPSA) is 51.5 Å². The first-order chi connectivity index (χ1) is 27.3. The molecule has 5 nitrogen and oxygen atoms in total. The molecule has 260 valence electrons. The summed E-state index contributed by atoms with van der Waals surface area (Å²) in [5.74, 6) is 0. The number of nitrogens with two attached hydrogens (primary N) is 1. The van der Waals surface area contributed by atoms with E-state index in [1.165, 1.54) is 32.6 Å². The summed E-state index contributed by atoms with van der Waals surface area (Å²) in [7, 11) is 0. The van der Waals surface area contributed by atoms with Crippen LogP contribution in [0.4, 0.5) is 11.4 Å². The predicted molar refractivity (Wildman–Crippen MR) is 230 cm³/mol. The number of nitrogens with zero attached hydrogens (tertiary/aromatic N) is 4. The smallest absolute Gasteiger partial charge is 0.115 e. The van der Waals surface area contributed by atoms with Gasteiger partial charge in [-0.25, -0.2) is 0 Å². The Morgan fingerprint density at radius 3 is 1.76 bits per heavy atom. The first-order valence-electron chi connectivity index (χ1n) is 18.7. The summed E-state index contributed by atoms with van der Waals surface area (Å²) in [5, 5.41) is 7.14. The van der Waals surface area contributed by atoms with Crippen molar-refractivity contribution in [2.45, 2.75) is 6.67 Å². The zero-order chi connectivity index (χ0) is 36.5. The van der Waals surface area contributed by atoms with Gasteiger partial charge < -0.3 is 19.8 Å². The molecule has 0 amide bonds. The Kier molecular flexibility index (Phi) is 7.01. The van der Waals surface area contributed by atoms with Gasteiger partial charge in [0.25, 0.3) is 0 Å². The fraction of sp³-hybridized carbons (Fsp3) is 0.0200. The lowest BCUT2D eigenvalue weighted by molar-refractivity contribution is 0.794. The number of hydrogen-bond acceptors (Lipinski definition) is 3. The quantitative estimate of drug-likeness (QED) is 0.194. The zero-order valence-electron chi connectivity index (χ0n) is 30.0. The maximum Gasteiger partial charge on any atom is 0.115 e. The number of aliphatic imine (C=N–C) groups is 1. The van der Waals surface area contributed by atoms with Crippen LogP contribution in [0.1, 0.15) is 11.1 Å². The molecule has 0 aliphatic carbocycles. The van der Waals surface area contributed by atoms with Crippen LogP contribution in [0.15, 0.2) is 199 Å². The van der Waals surface area contributed by atoms with Gasteiger partial charge >= 0.3 is 0 Å². The monoisotopic (exact) mass is 705 g/mol. The van der Waals surface area contributed by atoms with Gasteiger partial charge in [-0.05, 0) is 58.8 Å². The molecule has 55 heavy (non-hydrogen) atoms. The minimum Gasteiger partial charge on any atom is -0.396 e. The summed E-state index contributed by atoms with van der Waals surface area (Å²) in [5.41, 5.74) is 19.6. The van der Waals surface area contributed by atoms with E-state index >= 15 is 0 Å². The second-order valence-electron chi connectivity index (χ2n) is 14.1. The van der Waals surface area contributed by atoms with Gasteiger partial charge in [-0.3, -0.25) is 4.99 Å². The van der Waals surface area contributed by atoms with Crippen molar-refractivity contribution in [3.63, 3.8) is 0 Å². The maximum atomic E-state index is 7.32. The Hall–Kier alpha value is -7.37. The lowest BCUT2D eigenvalue weighted by Crippen LogP contribution is -2.20. The number of fused-ring (bicyclic) bond motifs is 10. The zero-order valence-corrected chi connectivity index (χ0v) is 30.0. The summed E-state index contributed by atoms with van der Waals surface area (Å²) in [6.45, 7) is 0.381. The molecule has 2 aromatic heterocycles. The molecule has 2 N–H and O–H groups in total. The van der Waals surface area contributed by atoms with Crippen molar-refractivity contribution in [2.75, 3.05) is 4.90 Å². The maximum absolute atomic E-state index is 7.32. The molecule has 0 atom stereocenters. The third kappa shape index (κ3) is 4.70. The van der Waals surface area contributed by atoms with Crippen LogP contribution in [0.3, 0.4) is 0 Å². The molecule has 5 heteroatoms. The van der Waals surface area contributed by atoms with Crippen molar-refractivity contribution in [1.29, 1.82) is 0 Å². The minimum absolute atomic E-state index is 0.381. The average molecular weight is 706 g/mol. The number of para-hydroxylation sites is 4. The standard InChI is InChI=1S/C50H35N5/c51-46(34-17-4-1-5-18-34)50-47(45-37-23-11-10-16-33(37)28-31-44(45)55(50)36-21-8-3-9-22-36)52-32-53-42-26-14-12-24-38(42)40-29-30-41-39-25-13-15-27-43(39)54(49(41)48(40)53)35-19-6-2-7-20-35/h1-31H,32,51H2/b50-46+,52-47-. The Bertz CT molecular complexity index is 3170. The van der Waals surface area contributed by atoms with Crippen LogP contribution in [0.25, 0.3) is 65.8 Å². The molecule has 10 aromatic rings. The van der Waals surface area contributed by atoms with Gasteiger partial charge in [0.15, 0.2) is 0 Å². The third-order valence-corrected chi connectivity index (χ3v) is 11.1. The summed E-state index contributed by atoms with van der Waals surface area (Å²) >= 11 is 0. The van der Waals surface area contributed by atoms with Gasteiger partial charge in [-0.15, -0.1) is 0 Å². The summed E-state index contributed by atoms with van der Waals surface area (Å²) in [6, 6.07) is 66.5. The number of rotatable bonds is 5. The predicted octanol–water partition coefficient (Wildman–Crippen LogP) is 12.0. The number of allylic oxidation sites excluding steroid dienone is 1. The third-order valence-electron chi connectivity index (χ3n) is 11.1. The van der Waals surface area contributed by atoms with Gasteiger partial charge in [0.2, 0.25) is 0 Å². The molecule has 1 aliphatic rings. The highest BCUT2D eigenvalue weighted by molar-refractivity contribution is 6.31. The van der Waals surface area contributed by atoms with Gasteiger partial charge in [-0.2, -0.15) is 0 Å². The molecule has 0 spiro atoms. The Labute approximate surface area is 318 Å². The fourth-order valence-electron chi connectivity index (χ4n) is 8.76. The van der Waals surface area contributed by atoms with E-state index in [0.717, 1.165) is 61.4 Å². The van der Waals surface area contributed by atoms with Crippen LogP contribution in [0.5, 0.6) is 0 Å². The number of aromatic nitrogens is 2. The van der Waals surface area contributed by atoms with Gasteiger partial charge in [0.05, 0.1) is 44.9 Å². The van der Waals surface area contributed by atoms with E-state index in [1.807, 2.05) is 18.2 Å². The van der Waals surface area contributed by atoms with Crippen molar-refractivity contribution >= 4 is 77.2 Å². The van der Waals surface area contributed by atoms with Crippen molar-refractivity contribution in [3.8, 4) is 5.69 Å². The van der Waals surface area contributed by atoms with Gasteiger partial charge in [-0.1, -0.05) is 146 Å². The van der Waals surface area contributed by atoms with E-state index in [1.54, 1.807) is 0 Å². The molecule has 0 radical (unpaired) electrons. The lowest BCUT2D eigenvalue weighted by Gasteiger charge is -2.23. The molecule has 3 heterocycles. The first kappa shape index (κ1) is 31.2. The normalized spacial score (nSPS) is 14.5. The van der Waals surface area contributed by atoms with Crippen LogP contribution in [-0.2, 0) is 6.67 Å². The molecule has 1 aliphatic heterocycles. The average Bonchev–Trinajstić information content (AvgIpc) is 3.89. The summed E-state index contributed by atoms with van der Waals surface area (Å²) in [4.78, 5) is 8.01. The molecular formula is C50H35N5. The van der Waals surface area contributed by atoms with E-state index in [-0.39, 0.29) is 0 Å². The van der Waals surface area contributed by atoms with Gasteiger partial charge in [0, 0.05) is 38.5 Å². The molecular weight excluding hydrogens is 671 g/mol. The van der Waals surface area contributed by atoms with E-state index in [9.17, 15) is 0 Å². The second-order valence-corrected chi connectivity index (χ2v) is 14.1. The van der Waals surface area contributed by atoms with Crippen molar-refractivity contribution in [2.24, 2.45) is 10.7 Å². The SMILES string of the molecule is N/C(=C1\C(=N/Cn2c3ccccc3c3ccc4c5ccccc5n(-c5ccccc5)c4c32)c2c(ccc3ccccc23)N1c1ccccc1)c1ccccc1. The fourth-order valence-corrected chi connectivity index (χ4v) is 8.76. The molecule has 0 saturated heterocycles. The molecule has 8 aromatic carbocycles. The highest BCUT2D eigenvalue weighted by Gasteiger charge is 2.35. The largest absolute Gasteiger partial charge is 0.396 e. The Morgan fingerprint density at radius 2 is 1.04 bits per heavy atom. The highest BCUT2D eigenvalue weighted by atomic mass is 15.2.